The monoisotopic (exact) mass is 355 g/mol. The molecule has 0 saturated heterocycles. The highest BCUT2D eigenvalue weighted by Crippen LogP contribution is 2.58. The van der Waals surface area contributed by atoms with Crippen molar-refractivity contribution in [3.63, 3.8) is 0 Å². The first kappa shape index (κ1) is 16.6. The number of rotatable bonds is 7. The quantitative estimate of drug-likeness (QED) is 0.777. The molecular weight excluding hydrogens is 330 g/mol. The van der Waals surface area contributed by atoms with Crippen molar-refractivity contribution in [3.05, 3.63) is 22.2 Å². The van der Waals surface area contributed by atoms with Crippen molar-refractivity contribution < 1.29 is 9.47 Å². The van der Waals surface area contributed by atoms with Crippen molar-refractivity contribution in [1.29, 1.82) is 0 Å². The van der Waals surface area contributed by atoms with E-state index in [1.807, 2.05) is 6.07 Å². The van der Waals surface area contributed by atoms with Crippen LogP contribution in [0.5, 0.6) is 11.5 Å². The van der Waals surface area contributed by atoms with Gasteiger partial charge >= 0.3 is 0 Å². The molecule has 4 heteroatoms. The zero-order valence-corrected chi connectivity index (χ0v) is 15.2. The van der Waals surface area contributed by atoms with Crippen LogP contribution in [-0.4, -0.2) is 20.8 Å². The highest BCUT2D eigenvalue weighted by molar-refractivity contribution is 9.10. The van der Waals surface area contributed by atoms with E-state index >= 15 is 0 Å². The topological polar surface area (TPSA) is 30.5 Å². The van der Waals surface area contributed by atoms with Crippen LogP contribution in [-0.2, 0) is 0 Å². The Morgan fingerprint density at radius 1 is 1.29 bits per heavy atom. The van der Waals surface area contributed by atoms with Gasteiger partial charge in [-0.1, -0.05) is 36.7 Å². The van der Waals surface area contributed by atoms with Crippen LogP contribution in [0, 0.1) is 11.3 Å². The number of methoxy groups -OCH3 is 2. The van der Waals surface area contributed by atoms with Crippen LogP contribution in [0.25, 0.3) is 0 Å². The fourth-order valence-electron chi connectivity index (χ4n) is 2.95. The summed E-state index contributed by atoms with van der Waals surface area (Å²) in [6.07, 6.45) is 2.39. The van der Waals surface area contributed by atoms with E-state index in [9.17, 15) is 0 Å². The van der Waals surface area contributed by atoms with Gasteiger partial charge in [-0.2, -0.15) is 0 Å². The second-order valence-electron chi connectivity index (χ2n) is 6.46. The summed E-state index contributed by atoms with van der Waals surface area (Å²) >= 11 is 3.70. The Morgan fingerprint density at radius 3 is 2.33 bits per heavy atom. The lowest BCUT2D eigenvalue weighted by Crippen LogP contribution is -2.25. The number of ether oxygens (including phenoxy) is 2. The van der Waals surface area contributed by atoms with Gasteiger partial charge < -0.3 is 14.8 Å². The molecule has 2 rings (SSSR count). The molecule has 1 aliphatic rings. The lowest BCUT2D eigenvalue weighted by atomic mass is 9.96. The molecule has 2 unspecified atom stereocenters. The molecule has 0 bridgehead atoms. The van der Waals surface area contributed by atoms with Crippen LogP contribution in [0.4, 0.5) is 0 Å². The molecule has 0 aliphatic heterocycles. The van der Waals surface area contributed by atoms with Crippen molar-refractivity contribution in [2.75, 3.05) is 20.8 Å². The molecule has 1 saturated carbocycles. The van der Waals surface area contributed by atoms with E-state index in [4.69, 9.17) is 9.47 Å². The Balaban J connectivity index is 2.35. The Morgan fingerprint density at radius 2 is 1.86 bits per heavy atom. The van der Waals surface area contributed by atoms with E-state index in [-0.39, 0.29) is 0 Å². The predicted molar refractivity (Wildman–Crippen MR) is 90.2 cm³/mol. The van der Waals surface area contributed by atoms with E-state index in [1.165, 1.54) is 12.0 Å². The number of halogens is 1. The van der Waals surface area contributed by atoms with E-state index in [0.717, 1.165) is 28.9 Å². The normalized spacial score (nSPS) is 21.0. The van der Waals surface area contributed by atoms with Crippen LogP contribution in [0.2, 0.25) is 0 Å². The zero-order valence-electron chi connectivity index (χ0n) is 13.6. The summed E-state index contributed by atoms with van der Waals surface area (Å²) < 4.78 is 11.9. The second-order valence-corrected chi connectivity index (χ2v) is 7.31. The average molecular weight is 356 g/mol. The Hall–Kier alpha value is -0.740. The first-order chi connectivity index (χ1) is 9.94. The van der Waals surface area contributed by atoms with Crippen LogP contribution in [0.1, 0.15) is 45.2 Å². The second kappa shape index (κ2) is 6.57. The number of hydrogen-bond acceptors (Lipinski definition) is 3. The molecule has 118 valence electrons. The fraction of sp³-hybridized carbons (Fsp3) is 0.647. The van der Waals surface area contributed by atoms with Gasteiger partial charge in [0.1, 0.15) is 0 Å². The molecule has 1 aromatic rings. The molecule has 21 heavy (non-hydrogen) atoms. The minimum Gasteiger partial charge on any atom is -0.493 e. The van der Waals surface area contributed by atoms with E-state index in [1.54, 1.807) is 14.2 Å². The molecule has 0 amide bonds. The first-order valence-electron chi connectivity index (χ1n) is 7.59. The van der Waals surface area contributed by atoms with Gasteiger partial charge in [0, 0.05) is 10.5 Å². The van der Waals surface area contributed by atoms with Crippen molar-refractivity contribution >= 4 is 15.9 Å². The van der Waals surface area contributed by atoms with Gasteiger partial charge in [-0.25, -0.2) is 0 Å². The molecule has 1 fully saturated rings. The summed E-state index contributed by atoms with van der Waals surface area (Å²) in [5.41, 5.74) is 1.68. The predicted octanol–water partition coefficient (Wildman–Crippen LogP) is 4.55. The molecule has 0 aromatic heterocycles. The van der Waals surface area contributed by atoms with Gasteiger partial charge in [-0.05, 0) is 48.4 Å². The van der Waals surface area contributed by atoms with Gasteiger partial charge in [0.05, 0.1) is 14.2 Å². The standard InChI is InChI=1S/C17H26BrNO2/c1-6-7-19-16(12-10-17(12,2)3)11-8-14(20-4)15(21-5)9-13(11)18/h8-9,12,16,19H,6-7,10H2,1-5H3. The number of hydrogen-bond donors (Lipinski definition) is 1. The van der Waals surface area contributed by atoms with Gasteiger partial charge in [0.25, 0.3) is 0 Å². The first-order valence-corrected chi connectivity index (χ1v) is 8.38. The third-order valence-electron chi connectivity index (χ3n) is 4.44. The molecule has 0 radical (unpaired) electrons. The maximum Gasteiger partial charge on any atom is 0.161 e. The van der Waals surface area contributed by atoms with Crippen molar-refractivity contribution in [2.45, 2.75) is 39.7 Å². The van der Waals surface area contributed by atoms with Crippen LogP contribution >= 0.6 is 15.9 Å². The maximum absolute atomic E-state index is 5.47. The summed E-state index contributed by atoms with van der Waals surface area (Å²) in [6, 6.07) is 4.46. The molecule has 0 spiro atoms. The van der Waals surface area contributed by atoms with E-state index in [2.05, 4.69) is 48.1 Å². The highest BCUT2D eigenvalue weighted by Gasteiger charge is 2.50. The number of nitrogens with one attached hydrogen (secondary N) is 1. The summed E-state index contributed by atoms with van der Waals surface area (Å²) in [6.45, 7) is 7.91. The molecular formula is C17H26BrNO2. The van der Waals surface area contributed by atoms with Crippen LogP contribution < -0.4 is 14.8 Å². The van der Waals surface area contributed by atoms with Crippen molar-refractivity contribution in [2.24, 2.45) is 11.3 Å². The van der Waals surface area contributed by atoms with Gasteiger partial charge in [0.2, 0.25) is 0 Å². The Labute approximate surface area is 136 Å². The Kier molecular flexibility index (Phi) is 5.20. The molecule has 1 aromatic carbocycles. The van der Waals surface area contributed by atoms with Gasteiger partial charge in [0.15, 0.2) is 11.5 Å². The van der Waals surface area contributed by atoms with Gasteiger partial charge in [-0.3, -0.25) is 0 Å². The maximum atomic E-state index is 5.47. The van der Waals surface area contributed by atoms with E-state index in [0.29, 0.717) is 17.4 Å². The minimum absolute atomic E-state index is 0.356. The molecule has 1 aliphatic carbocycles. The van der Waals surface area contributed by atoms with Crippen molar-refractivity contribution in [1.82, 2.24) is 5.32 Å². The Bertz CT molecular complexity index is 502. The minimum atomic E-state index is 0.356. The van der Waals surface area contributed by atoms with Crippen molar-refractivity contribution in [3.8, 4) is 11.5 Å². The molecule has 1 N–H and O–H groups in total. The zero-order chi connectivity index (χ0) is 15.6. The summed E-state index contributed by atoms with van der Waals surface area (Å²) in [7, 11) is 3.35. The van der Waals surface area contributed by atoms with Crippen LogP contribution in [0.15, 0.2) is 16.6 Å². The van der Waals surface area contributed by atoms with E-state index < -0.39 is 0 Å². The summed E-state index contributed by atoms with van der Waals surface area (Å²) in [5.74, 6) is 2.22. The lowest BCUT2D eigenvalue weighted by Gasteiger charge is -2.23. The largest absolute Gasteiger partial charge is 0.493 e. The summed E-state index contributed by atoms with van der Waals surface area (Å²) in [4.78, 5) is 0. The summed E-state index contributed by atoms with van der Waals surface area (Å²) in [5, 5.41) is 3.71. The van der Waals surface area contributed by atoms with Crippen LogP contribution in [0.3, 0.4) is 0 Å². The molecule has 0 heterocycles. The third kappa shape index (κ3) is 3.54. The SMILES string of the molecule is CCCNC(c1cc(OC)c(OC)cc1Br)C1CC1(C)C. The number of benzene rings is 1. The molecule has 2 atom stereocenters. The highest BCUT2D eigenvalue weighted by atomic mass is 79.9. The lowest BCUT2D eigenvalue weighted by molar-refractivity contribution is 0.351. The smallest absolute Gasteiger partial charge is 0.161 e. The fourth-order valence-corrected chi connectivity index (χ4v) is 3.52. The molecule has 3 nitrogen and oxygen atoms in total. The van der Waals surface area contributed by atoms with Gasteiger partial charge in [-0.15, -0.1) is 0 Å². The average Bonchev–Trinajstić information content (AvgIpc) is 3.08. The third-order valence-corrected chi connectivity index (χ3v) is 5.13.